The van der Waals surface area contributed by atoms with Crippen molar-refractivity contribution in [2.24, 2.45) is 0 Å². The van der Waals surface area contributed by atoms with Crippen LogP contribution in [0.1, 0.15) is 37.8 Å². The first-order chi connectivity index (χ1) is 9.56. The zero-order valence-electron chi connectivity index (χ0n) is 11.2. The molecule has 20 heavy (non-hydrogen) atoms. The van der Waals surface area contributed by atoms with Gasteiger partial charge in [-0.05, 0) is 43.4 Å². The Bertz CT molecular complexity index is 742. The highest BCUT2D eigenvalue weighted by atomic mass is 32.1. The second-order valence-electron chi connectivity index (χ2n) is 5.08. The molecule has 2 heterocycles. The minimum atomic E-state index is -0.907. The number of carbonyl (C=O) groups is 1. The Balaban J connectivity index is 2.02. The summed E-state index contributed by atoms with van der Waals surface area (Å²) in [6.45, 7) is 2.37. The molecule has 2 aromatic heterocycles. The Morgan fingerprint density at radius 1 is 1.40 bits per heavy atom. The average molecular weight is 289 g/mol. The van der Waals surface area contributed by atoms with Gasteiger partial charge in [-0.3, -0.25) is 4.79 Å². The molecule has 0 radical (unpaired) electrons. The third kappa shape index (κ3) is 2.18. The van der Waals surface area contributed by atoms with Crippen LogP contribution in [0.5, 0.6) is 0 Å². The molecule has 1 aliphatic carbocycles. The molecule has 0 saturated carbocycles. The standard InChI is InChI=1S/C15H15NO3S/c1-9-11(7-13(20-9)15(18)19)8-16-12-4-2-3-10(12)5-6-14(16)17/h5-7H,2-4,8H2,1H3,(H,18,19). The molecule has 0 aromatic carbocycles. The van der Waals surface area contributed by atoms with Crippen molar-refractivity contribution in [3.05, 3.63) is 55.1 Å². The van der Waals surface area contributed by atoms with E-state index in [1.165, 1.54) is 16.9 Å². The Labute approximate surface area is 120 Å². The zero-order chi connectivity index (χ0) is 14.3. The van der Waals surface area contributed by atoms with Crippen LogP contribution in [0.3, 0.4) is 0 Å². The summed E-state index contributed by atoms with van der Waals surface area (Å²) in [5, 5.41) is 9.04. The predicted molar refractivity (Wildman–Crippen MR) is 77.8 cm³/mol. The molecule has 2 aromatic rings. The van der Waals surface area contributed by atoms with Gasteiger partial charge in [0.2, 0.25) is 0 Å². The van der Waals surface area contributed by atoms with Crippen molar-refractivity contribution in [3.63, 3.8) is 0 Å². The highest BCUT2D eigenvalue weighted by molar-refractivity contribution is 7.14. The molecule has 0 spiro atoms. The molecule has 0 bridgehead atoms. The summed E-state index contributed by atoms with van der Waals surface area (Å²) in [4.78, 5) is 24.4. The van der Waals surface area contributed by atoms with Gasteiger partial charge in [-0.2, -0.15) is 0 Å². The summed E-state index contributed by atoms with van der Waals surface area (Å²) >= 11 is 1.27. The van der Waals surface area contributed by atoms with E-state index in [1.54, 1.807) is 16.7 Å². The van der Waals surface area contributed by atoms with Crippen LogP contribution < -0.4 is 5.56 Å². The Morgan fingerprint density at radius 3 is 2.90 bits per heavy atom. The minimum Gasteiger partial charge on any atom is -0.477 e. The normalized spacial score (nSPS) is 13.4. The molecule has 0 atom stereocenters. The van der Waals surface area contributed by atoms with E-state index in [2.05, 4.69) is 0 Å². The molecule has 1 aliphatic rings. The van der Waals surface area contributed by atoms with E-state index >= 15 is 0 Å². The Kier molecular flexibility index (Phi) is 3.22. The number of aromatic nitrogens is 1. The van der Waals surface area contributed by atoms with Crippen LogP contribution in [-0.2, 0) is 19.4 Å². The summed E-state index contributed by atoms with van der Waals surface area (Å²) in [5.41, 5.74) is 3.28. The first kappa shape index (κ1) is 13.1. The summed E-state index contributed by atoms with van der Waals surface area (Å²) in [6, 6.07) is 5.22. The maximum absolute atomic E-state index is 12.1. The van der Waals surface area contributed by atoms with Crippen LogP contribution in [-0.4, -0.2) is 15.6 Å². The lowest BCUT2D eigenvalue weighted by Gasteiger charge is -2.11. The van der Waals surface area contributed by atoms with Crippen LogP contribution in [0.25, 0.3) is 0 Å². The number of carboxylic acids is 1. The molecule has 0 amide bonds. The van der Waals surface area contributed by atoms with Crippen molar-refractivity contribution in [2.75, 3.05) is 0 Å². The van der Waals surface area contributed by atoms with Crippen LogP contribution >= 0.6 is 11.3 Å². The zero-order valence-corrected chi connectivity index (χ0v) is 12.0. The summed E-state index contributed by atoms with van der Waals surface area (Å²) in [7, 11) is 0. The number of rotatable bonds is 3. The Morgan fingerprint density at radius 2 is 2.20 bits per heavy atom. The number of pyridine rings is 1. The van der Waals surface area contributed by atoms with Gasteiger partial charge in [0.1, 0.15) is 4.88 Å². The maximum Gasteiger partial charge on any atom is 0.345 e. The van der Waals surface area contributed by atoms with Crippen molar-refractivity contribution in [1.82, 2.24) is 4.57 Å². The molecule has 5 heteroatoms. The third-order valence-corrected chi connectivity index (χ3v) is 4.89. The smallest absolute Gasteiger partial charge is 0.345 e. The predicted octanol–water partition coefficient (Wildman–Crippen LogP) is 2.45. The van der Waals surface area contributed by atoms with Crippen molar-refractivity contribution in [3.8, 4) is 0 Å². The highest BCUT2D eigenvalue weighted by Gasteiger charge is 2.18. The lowest BCUT2D eigenvalue weighted by molar-refractivity contribution is 0.0702. The molecular weight excluding hydrogens is 274 g/mol. The number of hydrogen-bond donors (Lipinski definition) is 1. The number of aryl methyl sites for hydroxylation is 2. The molecule has 0 saturated heterocycles. The minimum absolute atomic E-state index is 0.00637. The van der Waals surface area contributed by atoms with Gasteiger partial charge < -0.3 is 9.67 Å². The number of nitrogens with zero attached hydrogens (tertiary/aromatic N) is 1. The van der Waals surface area contributed by atoms with Crippen LogP contribution in [0.15, 0.2) is 23.0 Å². The lowest BCUT2D eigenvalue weighted by Crippen LogP contribution is -2.23. The average Bonchev–Trinajstić information content (AvgIpc) is 3.00. The molecule has 1 N–H and O–H groups in total. The second-order valence-corrected chi connectivity index (χ2v) is 6.34. The van der Waals surface area contributed by atoms with Crippen molar-refractivity contribution < 1.29 is 9.90 Å². The third-order valence-electron chi connectivity index (χ3n) is 3.81. The van der Waals surface area contributed by atoms with E-state index in [4.69, 9.17) is 5.11 Å². The number of aromatic carboxylic acids is 1. The number of carboxylic acid groups (broad SMARTS) is 1. The van der Waals surface area contributed by atoms with Gasteiger partial charge in [-0.25, -0.2) is 4.79 Å². The lowest BCUT2D eigenvalue weighted by atomic mass is 10.2. The first-order valence-corrected chi connectivity index (χ1v) is 7.42. The van der Waals surface area contributed by atoms with E-state index in [1.807, 2.05) is 13.0 Å². The van der Waals surface area contributed by atoms with E-state index in [9.17, 15) is 9.59 Å². The van der Waals surface area contributed by atoms with Gasteiger partial charge >= 0.3 is 5.97 Å². The largest absolute Gasteiger partial charge is 0.477 e. The van der Waals surface area contributed by atoms with Gasteiger partial charge in [-0.15, -0.1) is 11.3 Å². The fourth-order valence-corrected chi connectivity index (χ4v) is 3.63. The fourth-order valence-electron chi connectivity index (χ4n) is 2.76. The van der Waals surface area contributed by atoms with Gasteiger partial charge in [0.05, 0.1) is 6.54 Å². The van der Waals surface area contributed by atoms with E-state index in [0.717, 1.165) is 35.4 Å². The van der Waals surface area contributed by atoms with E-state index < -0.39 is 5.97 Å². The summed E-state index contributed by atoms with van der Waals surface area (Å²) < 4.78 is 1.79. The van der Waals surface area contributed by atoms with Crippen molar-refractivity contribution >= 4 is 17.3 Å². The number of thiophene rings is 1. The maximum atomic E-state index is 12.1. The van der Waals surface area contributed by atoms with Crippen molar-refractivity contribution in [1.29, 1.82) is 0 Å². The summed E-state index contributed by atoms with van der Waals surface area (Å²) in [6.07, 6.45) is 3.04. The fraction of sp³-hybridized carbons (Fsp3) is 0.333. The number of fused-ring (bicyclic) bond motifs is 1. The molecule has 0 unspecified atom stereocenters. The second kappa shape index (κ2) is 4.90. The van der Waals surface area contributed by atoms with Gasteiger partial charge in [0.15, 0.2) is 0 Å². The molecular formula is C15H15NO3S. The summed E-state index contributed by atoms with van der Waals surface area (Å²) in [5.74, 6) is -0.907. The van der Waals surface area contributed by atoms with Gasteiger partial charge in [0.25, 0.3) is 5.56 Å². The van der Waals surface area contributed by atoms with Crippen molar-refractivity contribution in [2.45, 2.75) is 32.7 Å². The van der Waals surface area contributed by atoms with E-state index in [0.29, 0.717) is 11.4 Å². The van der Waals surface area contributed by atoms with Crippen LogP contribution in [0.2, 0.25) is 0 Å². The molecule has 3 rings (SSSR count). The quantitative estimate of drug-likeness (QED) is 0.944. The molecule has 0 fully saturated rings. The van der Waals surface area contributed by atoms with Crippen LogP contribution in [0.4, 0.5) is 0 Å². The topological polar surface area (TPSA) is 59.3 Å². The van der Waals surface area contributed by atoms with Crippen LogP contribution in [0, 0.1) is 6.92 Å². The van der Waals surface area contributed by atoms with Gasteiger partial charge in [0, 0.05) is 16.6 Å². The highest BCUT2D eigenvalue weighted by Crippen LogP contribution is 2.25. The van der Waals surface area contributed by atoms with Gasteiger partial charge in [-0.1, -0.05) is 6.07 Å². The molecule has 0 aliphatic heterocycles. The van der Waals surface area contributed by atoms with E-state index in [-0.39, 0.29) is 5.56 Å². The molecule has 104 valence electrons. The molecule has 4 nitrogen and oxygen atoms in total. The monoisotopic (exact) mass is 289 g/mol. The Hall–Kier alpha value is -1.88. The SMILES string of the molecule is Cc1sc(C(=O)O)cc1Cn1c2c(ccc1=O)CCC2. The first-order valence-electron chi connectivity index (χ1n) is 6.60. The number of hydrogen-bond acceptors (Lipinski definition) is 3.